The third-order valence-corrected chi connectivity index (χ3v) is 5.55. The SMILES string of the molecule is CCC(C)(C)C(=O)NC1CCC(C(=O)O)C(C)(C)C1C. The summed E-state index contributed by atoms with van der Waals surface area (Å²) in [7, 11) is 0. The van der Waals surface area contributed by atoms with Crippen LogP contribution in [0.3, 0.4) is 0 Å². The van der Waals surface area contributed by atoms with E-state index >= 15 is 0 Å². The van der Waals surface area contributed by atoms with Crippen molar-refractivity contribution in [3.05, 3.63) is 0 Å². The second kappa shape index (κ2) is 5.74. The zero-order chi connectivity index (χ0) is 15.7. The minimum absolute atomic E-state index is 0.0684. The first-order valence-electron chi connectivity index (χ1n) is 7.57. The number of carbonyl (C=O) groups excluding carboxylic acids is 1. The van der Waals surface area contributed by atoms with Crippen molar-refractivity contribution in [1.82, 2.24) is 5.32 Å². The van der Waals surface area contributed by atoms with Gasteiger partial charge >= 0.3 is 5.97 Å². The van der Waals surface area contributed by atoms with Crippen LogP contribution in [0, 0.1) is 22.7 Å². The Bertz CT molecular complexity index is 387. The molecule has 4 heteroatoms. The molecule has 0 heterocycles. The smallest absolute Gasteiger partial charge is 0.307 e. The fraction of sp³-hybridized carbons (Fsp3) is 0.875. The highest BCUT2D eigenvalue weighted by molar-refractivity contribution is 5.82. The standard InChI is InChI=1S/C16H29NO3/c1-7-15(3,4)14(20)17-12-9-8-11(13(18)19)16(5,6)10(12)2/h10-12H,7-9H2,1-6H3,(H,17,20)(H,18,19). The number of hydrogen-bond acceptors (Lipinski definition) is 2. The first kappa shape index (κ1) is 17.0. The number of carboxylic acid groups (broad SMARTS) is 1. The summed E-state index contributed by atoms with van der Waals surface area (Å²) in [4.78, 5) is 23.7. The molecule has 3 unspecified atom stereocenters. The van der Waals surface area contributed by atoms with Crippen LogP contribution < -0.4 is 5.32 Å². The molecule has 1 amide bonds. The quantitative estimate of drug-likeness (QED) is 0.833. The molecule has 0 radical (unpaired) electrons. The average Bonchev–Trinajstić information content (AvgIpc) is 2.34. The Morgan fingerprint density at radius 3 is 2.30 bits per heavy atom. The van der Waals surface area contributed by atoms with Crippen molar-refractivity contribution in [2.24, 2.45) is 22.7 Å². The lowest BCUT2D eigenvalue weighted by Crippen LogP contribution is -2.54. The molecule has 116 valence electrons. The van der Waals surface area contributed by atoms with Gasteiger partial charge in [0.1, 0.15) is 0 Å². The minimum Gasteiger partial charge on any atom is -0.481 e. The summed E-state index contributed by atoms with van der Waals surface area (Å²) >= 11 is 0. The van der Waals surface area contributed by atoms with Gasteiger partial charge in [0.15, 0.2) is 0 Å². The predicted molar refractivity (Wildman–Crippen MR) is 79.3 cm³/mol. The molecule has 2 N–H and O–H groups in total. The van der Waals surface area contributed by atoms with Crippen molar-refractivity contribution < 1.29 is 14.7 Å². The maximum Gasteiger partial charge on any atom is 0.307 e. The van der Waals surface area contributed by atoms with Crippen molar-refractivity contribution in [2.45, 2.75) is 66.8 Å². The Hall–Kier alpha value is -1.06. The van der Waals surface area contributed by atoms with Crippen LogP contribution in [0.25, 0.3) is 0 Å². The molecule has 0 aromatic carbocycles. The minimum atomic E-state index is -0.722. The van der Waals surface area contributed by atoms with E-state index in [0.717, 1.165) is 12.8 Å². The molecule has 0 saturated heterocycles. The molecular formula is C16H29NO3. The number of carboxylic acids is 1. The summed E-state index contributed by atoms with van der Waals surface area (Å²) in [6, 6.07) is 0.0684. The molecule has 4 nitrogen and oxygen atoms in total. The third-order valence-electron chi connectivity index (χ3n) is 5.55. The van der Waals surface area contributed by atoms with Crippen LogP contribution in [0.1, 0.15) is 60.8 Å². The van der Waals surface area contributed by atoms with Crippen LogP contribution in [0.4, 0.5) is 0 Å². The Labute approximate surface area is 122 Å². The molecule has 1 aliphatic rings. The lowest BCUT2D eigenvalue weighted by atomic mass is 9.61. The molecule has 20 heavy (non-hydrogen) atoms. The van der Waals surface area contributed by atoms with E-state index in [-0.39, 0.29) is 34.6 Å². The fourth-order valence-corrected chi connectivity index (χ4v) is 2.97. The van der Waals surface area contributed by atoms with Crippen LogP contribution in [0.15, 0.2) is 0 Å². The number of carbonyl (C=O) groups is 2. The van der Waals surface area contributed by atoms with Gasteiger partial charge in [0, 0.05) is 11.5 Å². The van der Waals surface area contributed by atoms with Crippen molar-refractivity contribution in [3.63, 3.8) is 0 Å². The summed E-state index contributed by atoms with van der Waals surface area (Å²) in [6.07, 6.45) is 2.17. The molecule has 0 aromatic heterocycles. The van der Waals surface area contributed by atoms with Crippen LogP contribution in [-0.4, -0.2) is 23.0 Å². The van der Waals surface area contributed by atoms with Crippen molar-refractivity contribution in [2.75, 3.05) is 0 Å². The van der Waals surface area contributed by atoms with Gasteiger partial charge in [0.25, 0.3) is 0 Å². The van der Waals surface area contributed by atoms with Gasteiger partial charge < -0.3 is 10.4 Å². The van der Waals surface area contributed by atoms with E-state index < -0.39 is 5.97 Å². The molecule has 1 saturated carbocycles. The largest absolute Gasteiger partial charge is 0.481 e. The van der Waals surface area contributed by atoms with Crippen LogP contribution in [0.5, 0.6) is 0 Å². The first-order chi connectivity index (χ1) is 9.04. The molecule has 1 fully saturated rings. The number of hydrogen-bond donors (Lipinski definition) is 2. The predicted octanol–water partition coefficient (Wildman–Crippen LogP) is 3.06. The monoisotopic (exact) mass is 283 g/mol. The topological polar surface area (TPSA) is 66.4 Å². The van der Waals surface area contributed by atoms with Crippen molar-refractivity contribution in [3.8, 4) is 0 Å². The molecule has 1 aliphatic carbocycles. The van der Waals surface area contributed by atoms with E-state index in [1.54, 1.807) is 0 Å². The van der Waals surface area contributed by atoms with E-state index in [1.807, 2.05) is 34.6 Å². The lowest BCUT2D eigenvalue weighted by molar-refractivity contribution is -0.150. The van der Waals surface area contributed by atoms with Crippen LogP contribution in [-0.2, 0) is 9.59 Å². The maximum absolute atomic E-state index is 12.3. The zero-order valence-electron chi connectivity index (χ0n) is 13.6. The lowest BCUT2D eigenvalue weighted by Gasteiger charge is -2.46. The van der Waals surface area contributed by atoms with Gasteiger partial charge in [-0.2, -0.15) is 0 Å². The summed E-state index contributed by atoms with van der Waals surface area (Å²) < 4.78 is 0. The van der Waals surface area contributed by atoms with Crippen molar-refractivity contribution in [1.29, 1.82) is 0 Å². The van der Waals surface area contributed by atoms with E-state index in [0.29, 0.717) is 6.42 Å². The third kappa shape index (κ3) is 3.15. The summed E-state index contributed by atoms with van der Waals surface area (Å²) in [5, 5.41) is 12.5. The highest BCUT2D eigenvalue weighted by atomic mass is 16.4. The Morgan fingerprint density at radius 1 is 1.30 bits per heavy atom. The summed E-state index contributed by atoms with van der Waals surface area (Å²) in [6.45, 7) is 12.0. The molecule has 0 aromatic rings. The van der Waals surface area contributed by atoms with Gasteiger partial charge in [-0.15, -0.1) is 0 Å². The van der Waals surface area contributed by atoms with E-state index in [9.17, 15) is 14.7 Å². The van der Waals surface area contributed by atoms with Gasteiger partial charge in [-0.1, -0.05) is 41.5 Å². The molecular weight excluding hydrogens is 254 g/mol. The van der Waals surface area contributed by atoms with Gasteiger partial charge in [-0.05, 0) is 30.6 Å². The molecule has 0 bridgehead atoms. The second-order valence-corrected chi connectivity index (χ2v) is 7.40. The molecule has 0 aliphatic heterocycles. The number of rotatable bonds is 4. The van der Waals surface area contributed by atoms with E-state index in [4.69, 9.17) is 0 Å². The normalized spacial score (nSPS) is 29.8. The molecule has 3 atom stereocenters. The Balaban J connectivity index is 2.81. The second-order valence-electron chi connectivity index (χ2n) is 7.40. The Morgan fingerprint density at radius 2 is 1.85 bits per heavy atom. The van der Waals surface area contributed by atoms with Gasteiger partial charge in [-0.25, -0.2) is 0 Å². The van der Waals surface area contributed by atoms with Crippen LogP contribution >= 0.6 is 0 Å². The van der Waals surface area contributed by atoms with E-state index in [1.165, 1.54) is 0 Å². The van der Waals surface area contributed by atoms with Gasteiger partial charge in [0.2, 0.25) is 5.91 Å². The zero-order valence-corrected chi connectivity index (χ0v) is 13.6. The number of nitrogens with one attached hydrogen (secondary N) is 1. The number of aliphatic carboxylic acids is 1. The van der Waals surface area contributed by atoms with Gasteiger partial charge in [-0.3, -0.25) is 9.59 Å². The summed E-state index contributed by atoms with van der Waals surface area (Å²) in [5.74, 6) is -0.833. The van der Waals surface area contributed by atoms with E-state index in [2.05, 4.69) is 12.2 Å². The number of amides is 1. The Kier molecular flexibility index (Phi) is 4.88. The summed E-state index contributed by atoms with van der Waals surface area (Å²) in [5.41, 5.74) is -0.675. The molecule has 0 spiro atoms. The molecule has 1 rings (SSSR count). The van der Waals surface area contributed by atoms with Crippen molar-refractivity contribution >= 4 is 11.9 Å². The average molecular weight is 283 g/mol. The highest BCUT2D eigenvalue weighted by Gasteiger charge is 2.47. The first-order valence-corrected chi connectivity index (χ1v) is 7.57. The van der Waals surface area contributed by atoms with Gasteiger partial charge in [0.05, 0.1) is 5.92 Å². The van der Waals surface area contributed by atoms with Crippen LogP contribution in [0.2, 0.25) is 0 Å². The fourth-order valence-electron chi connectivity index (χ4n) is 2.97. The maximum atomic E-state index is 12.3. The highest BCUT2D eigenvalue weighted by Crippen LogP contribution is 2.45.